The minimum absolute atomic E-state index is 0.117. The first-order valence-corrected chi connectivity index (χ1v) is 9.02. The van der Waals surface area contributed by atoms with Crippen LogP contribution in [-0.4, -0.2) is 25.9 Å². The zero-order valence-electron chi connectivity index (χ0n) is 11.4. The molecule has 0 aliphatic rings. The van der Waals surface area contributed by atoms with Crippen LogP contribution in [0.5, 0.6) is 0 Å². The molecule has 0 fully saturated rings. The second-order valence-corrected chi connectivity index (χ2v) is 7.46. The maximum absolute atomic E-state index is 10.6. The molecule has 0 spiro atoms. The highest BCUT2D eigenvalue weighted by Crippen LogP contribution is 2.21. The standard InChI is InChI=1S/C6H6ClNO3S.C6H7NO3S/c7-5-2-1-4(3-6(5)8)12(9,10)11;7-5-2-1-3-6(4-5)11(8,9)10/h1-3H,8H2,(H,9,10,11);1-4H,7H2,(H,8,9,10). The molecule has 0 aliphatic carbocycles. The van der Waals surface area contributed by atoms with Crippen LogP contribution >= 0.6 is 11.6 Å². The van der Waals surface area contributed by atoms with Crippen molar-refractivity contribution >= 4 is 43.2 Å². The maximum Gasteiger partial charge on any atom is 0.294 e. The number of nitrogens with two attached hydrogens (primary N) is 2. The first-order chi connectivity index (χ1) is 10.4. The van der Waals surface area contributed by atoms with Gasteiger partial charge < -0.3 is 11.5 Å². The number of rotatable bonds is 2. The summed E-state index contributed by atoms with van der Waals surface area (Å²) in [5.74, 6) is 0. The topological polar surface area (TPSA) is 161 Å². The van der Waals surface area contributed by atoms with Crippen LogP contribution in [0.1, 0.15) is 0 Å². The van der Waals surface area contributed by atoms with E-state index < -0.39 is 20.2 Å². The molecule has 0 unspecified atom stereocenters. The Morgan fingerprint density at radius 3 is 1.74 bits per heavy atom. The molecule has 0 aliphatic heterocycles. The Balaban J connectivity index is 0.000000231. The molecule has 0 saturated heterocycles. The Hall–Kier alpha value is -1.85. The third-order valence-electron chi connectivity index (χ3n) is 2.42. The highest BCUT2D eigenvalue weighted by Gasteiger charge is 2.10. The molecule has 126 valence electrons. The molecular formula is C12H13ClN2O6S2. The van der Waals surface area contributed by atoms with Crippen molar-refractivity contribution in [2.75, 3.05) is 11.5 Å². The van der Waals surface area contributed by atoms with Crippen LogP contribution in [0.25, 0.3) is 0 Å². The van der Waals surface area contributed by atoms with Gasteiger partial charge in [-0.3, -0.25) is 9.11 Å². The second kappa shape index (κ2) is 7.15. The van der Waals surface area contributed by atoms with Gasteiger partial charge in [0.15, 0.2) is 0 Å². The third kappa shape index (κ3) is 6.04. The highest BCUT2D eigenvalue weighted by molar-refractivity contribution is 7.86. The van der Waals surface area contributed by atoms with Crippen LogP contribution in [0.4, 0.5) is 11.4 Å². The van der Waals surface area contributed by atoms with Gasteiger partial charge in [-0.1, -0.05) is 17.7 Å². The lowest BCUT2D eigenvalue weighted by molar-refractivity contribution is 0.481. The summed E-state index contributed by atoms with van der Waals surface area (Å²) in [4.78, 5) is -0.443. The van der Waals surface area contributed by atoms with E-state index >= 15 is 0 Å². The van der Waals surface area contributed by atoms with Crippen LogP contribution in [0, 0.1) is 0 Å². The van der Waals surface area contributed by atoms with Gasteiger partial charge in [0.1, 0.15) is 0 Å². The smallest absolute Gasteiger partial charge is 0.294 e. The van der Waals surface area contributed by atoms with Gasteiger partial charge in [0.2, 0.25) is 0 Å². The fourth-order valence-electron chi connectivity index (χ4n) is 1.36. The molecule has 11 heteroatoms. The Morgan fingerprint density at radius 2 is 1.35 bits per heavy atom. The van der Waals surface area contributed by atoms with Crippen molar-refractivity contribution in [2.24, 2.45) is 0 Å². The summed E-state index contributed by atoms with van der Waals surface area (Å²) in [6.07, 6.45) is 0. The number of nitrogen functional groups attached to an aromatic ring is 2. The summed E-state index contributed by atoms with van der Waals surface area (Å²) in [7, 11) is -8.29. The molecular weight excluding hydrogens is 368 g/mol. The van der Waals surface area contributed by atoms with Gasteiger partial charge in [0, 0.05) is 5.69 Å². The molecule has 0 saturated carbocycles. The van der Waals surface area contributed by atoms with Gasteiger partial charge in [-0.05, 0) is 36.4 Å². The lowest BCUT2D eigenvalue weighted by Gasteiger charge is -1.99. The van der Waals surface area contributed by atoms with Crippen molar-refractivity contribution in [3.05, 3.63) is 47.5 Å². The molecule has 0 amide bonds. The quantitative estimate of drug-likeness (QED) is 0.452. The van der Waals surface area contributed by atoms with E-state index in [4.69, 9.17) is 32.2 Å². The van der Waals surface area contributed by atoms with Crippen molar-refractivity contribution < 1.29 is 25.9 Å². The third-order valence-corrected chi connectivity index (χ3v) is 4.46. The molecule has 8 nitrogen and oxygen atoms in total. The molecule has 0 heterocycles. The van der Waals surface area contributed by atoms with E-state index in [9.17, 15) is 16.8 Å². The highest BCUT2D eigenvalue weighted by atomic mass is 35.5. The van der Waals surface area contributed by atoms with Crippen molar-refractivity contribution in [1.82, 2.24) is 0 Å². The minimum atomic E-state index is -4.18. The van der Waals surface area contributed by atoms with Crippen LogP contribution in [-0.2, 0) is 20.2 Å². The Labute approximate surface area is 138 Å². The molecule has 0 bridgehead atoms. The van der Waals surface area contributed by atoms with Crippen molar-refractivity contribution in [3.63, 3.8) is 0 Å². The number of anilines is 2. The van der Waals surface area contributed by atoms with E-state index in [2.05, 4.69) is 0 Å². The maximum atomic E-state index is 10.6. The predicted molar refractivity (Wildman–Crippen MR) is 86.3 cm³/mol. The van der Waals surface area contributed by atoms with Crippen LogP contribution in [0.15, 0.2) is 52.3 Å². The Bertz CT molecular complexity index is 913. The predicted octanol–water partition coefficient (Wildman–Crippen LogP) is 1.68. The average molecular weight is 381 g/mol. The number of hydrogen-bond acceptors (Lipinski definition) is 6. The molecule has 6 N–H and O–H groups in total. The molecule has 23 heavy (non-hydrogen) atoms. The van der Waals surface area contributed by atoms with Crippen molar-refractivity contribution in [3.8, 4) is 0 Å². The zero-order chi connectivity index (χ0) is 17.8. The van der Waals surface area contributed by atoms with E-state index in [1.54, 1.807) is 0 Å². The molecule has 2 aromatic rings. The number of halogens is 1. The van der Waals surface area contributed by atoms with Gasteiger partial charge in [0.25, 0.3) is 20.2 Å². The second-order valence-electron chi connectivity index (χ2n) is 4.21. The summed E-state index contributed by atoms with van der Waals surface area (Å²) in [5.41, 5.74) is 11.0. The Kier molecular flexibility index (Phi) is 5.97. The normalized spacial score (nSPS) is 11.4. The van der Waals surface area contributed by atoms with E-state index in [1.165, 1.54) is 36.4 Å². The summed E-state index contributed by atoms with van der Waals surface area (Å²) in [6.45, 7) is 0. The Morgan fingerprint density at radius 1 is 0.826 bits per heavy atom. The minimum Gasteiger partial charge on any atom is -0.399 e. The molecule has 0 aromatic heterocycles. The van der Waals surface area contributed by atoms with Gasteiger partial charge in [-0.2, -0.15) is 16.8 Å². The summed E-state index contributed by atoms with van der Waals surface area (Å²) < 4.78 is 59.2. The van der Waals surface area contributed by atoms with Crippen LogP contribution in [0.2, 0.25) is 5.02 Å². The summed E-state index contributed by atoms with van der Waals surface area (Å²) >= 11 is 5.53. The van der Waals surface area contributed by atoms with Gasteiger partial charge in [-0.25, -0.2) is 0 Å². The van der Waals surface area contributed by atoms with E-state index in [0.717, 1.165) is 6.07 Å². The van der Waals surface area contributed by atoms with Crippen LogP contribution < -0.4 is 11.5 Å². The van der Waals surface area contributed by atoms with E-state index in [-0.39, 0.29) is 20.5 Å². The molecule has 0 atom stereocenters. The fraction of sp³-hybridized carbons (Fsp3) is 0. The summed E-state index contributed by atoms with van der Waals surface area (Å²) in [6, 6.07) is 9.03. The van der Waals surface area contributed by atoms with Crippen LogP contribution in [0.3, 0.4) is 0 Å². The number of hydrogen-bond donors (Lipinski definition) is 4. The van der Waals surface area contributed by atoms with E-state index in [0.29, 0.717) is 5.69 Å². The monoisotopic (exact) mass is 380 g/mol. The number of benzene rings is 2. The first-order valence-electron chi connectivity index (χ1n) is 5.77. The van der Waals surface area contributed by atoms with Gasteiger partial charge >= 0.3 is 0 Å². The van der Waals surface area contributed by atoms with Crippen molar-refractivity contribution in [2.45, 2.75) is 9.79 Å². The molecule has 0 radical (unpaired) electrons. The first kappa shape index (κ1) is 19.2. The largest absolute Gasteiger partial charge is 0.399 e. The van der Waals surface area contributed by atoms with Crippen molar-refractivity contribution in [1.29, 1.82) is 0 Å². The molecule has 2 aromatic carbocycles. The lowest BCUT2D eigenvalue weighted by Crippen LogP contribution is -1.99. The average Bonchev–Trinajstić information content (AvgIpc) is 2.40. The lowest BCUT2D eigenvalue weighted by atomic mass is 10.3. The SMILES string of the molecule is Nc1cc(S(=O)(=O)O)ccc1Cl.Nc1cccc(S(=O)(=O)O)c1. The van der Waals surface area contributed by atoms with Gasteiger partial charge in [0.05, 0.1) is 20.5 Å². The fourth-order valence-corrected chi connectivity index (χ4v) is 2.53. The van der Waals surface area contributed by atoms with Gasteiger partial charge in [-0.15, -0.1) is 0 Å². The molecule has 2 rings (SSSR count). The zero-order valence-corrected chi connectivity index (χ0v) is 13.8. The summed E-state index contributed by atoms with van der Waals surface area (Å²) in [5, 5.41) is 0.252. The van der Waals surface area contributed by atoms with E-state index in [1.807, 2.05) is 0 Å².